The molecule has 0 bridgehead atoms. The van der Waals surface area contributed by atoms with Crippen LogP contribution in [0, 0.1) is 27.7 Å². The Kier molecular flexibility index (Phi) is 5.00. The van der Waals surface area contributed by atoms with Crippen molar-refractivity contribution in [2.45, 2.75) is 38.5 Å². The summed E-state index contributed by atoms with van der Waals surface area (Å²) < 4.78 is 7.48. The van der Waals surface area contributed by atoms with Crippen LogP contribution in [0.3, 0.4) is 0 Å². The van der Waals surface area contributed by atoms with E-state index < -0.39 is 0 Å². The molecule has 0 aliphatic rings. The van der Waals surface area contributed by atoms with Crippen LogP contribution in [-0.4, -0.2) is 25.0 Å². The molecule has 0 amide bonds. The highest BCUT2D eigenvalue weighted by Gasteiger charge is 2.11. The minimum Gasteiger partial charge on any atom is -0.444 e. The number of thioether (sulfide) groups is 1. The quantitative estimate of drug-likeness (QED) is 0.453. The second-order valence-electron chi connectivity index (χ2n) is 6.82. The maximum atomic E-state index is 5.68. The maximum Gasteiger partial charge on any atom is 0.226 e. The van der Waals surface area contributed by atoms with Gasteiger partial charge >= 0.3 is 0 Å². The van der Waals surface area contributed by atoms with Crippen LogP contribution in [0.5, 0.6) is 0 Å². The lowest BCUT2D eigenvalue weighted by molar-refractivity contribution is 0.573. The molecule has 28 heavy (non-hydrogen) atoms. The lowest BCUT2D eigenvalue weighted by Gasteiger charge is -2.03. The van der Waals surface area contributed by atoms with Crippen molar-refractivity contribution in [3.63, 3.8) is 0 Å². The molecule has 0 atom stereocenters. The van der Waals surface area contributed by atoms with Crippen LogP contribution in [0.15, 0.2) is 52.1 Å². The summed E-state index contributed by atoms with van der Waals surface area (Å²) in [5.41, 5.74) is 6.29. The summed E-state index contributed by atoms with van der Waals surface area (Å²) in [5, 5.41) is 13.9. The topological polar surface area (TPSA) is 69.6 Å². The number of nitrogens with zero attached hydrogens (tertiary/aromatic N) is 5. The molecule has 0 radical (unpaired) electrons. The SMILES string of the molecule is Cc1ccc(-c2nc(CSc3ccc(-n4nc(C)cc4C)nn3)co2)c(C)c1. The van der Waals surface area contributed by atoms with E-state index in [9.17, 15) is 0 Å². The van der Waals surface area contributed by atoms with E-state index in [1.54, 1.807) is 22.7 Å². The first-order valence-corrected chi connectivity index (χ1v) is 10.0. The van der Waals surface area contributed by atoms with Crippen LogP contribution < -0.4 is 0 Å². The Labute approximate surface area is 168 Å². The number of benzene rings is 1. The van der Waals surface area contributed by atoms with Crippen LogP contribution >= 0.6 is 11.8 Å². The van der Waals surface area contributed by atoms with Gasteiger partial charge in [0.2, 0.25) is 5.89 Å². The van der Waals surface area contributed by atoms with Crippen molar-refractivity contribution in [3.8, 4) is 17.3 Å². The molecule has 6 nitrogen and oxygen atoms in total. The first-order valence-electron chi connectivity index (χ1n) is 9.02. The second kappa shape index (κ2) is 7.59. The van der Waals surface area contributed by atoms with E-state index in [4.69, 9.17) is 4.42 Å². The Morgan fingerprint density at radius 1 is 1.00 bits per heavy atom. The molecule has 4 aromatic rings. The van der Waals surface area contributed by atoms with E-state index in [0.29, 0.717) is 17.5 Å². The van der Waals surface area contributed by atoms with Gasteiger partial charge in [-0.05, 0) is 57.5 Å². The number of aromatic nitrogens is 5. The molecule has 3 aromatic heterocycles. The number of hydrogen-bond acceptors (Lipinski definition) is 6. The van der Waals surface area contributed by atoms with Gasteiger partial charge in [0.15, 0.2) is 5.82 Å². The van der Waals surface area contributed by atoms with E-state index in [0.717, 1.165) is 33.2 Å². The number of aryl methyl sites for hydroxylation is 4. The summed E-state index contributed by atoms with van der Waals surface area (Å²) in [7, 11) is 0. The fourth-order valence-electron chi connectivity index (χ4n) is 3.06. The first-order chi connectivity index (χ1) is 13.5. The molecule has 0 saturated carbocycles. The van der Waals surface area contributed by atoms with Crippen LogP contribution in [0.4, 0.5) is 0 Å². The van der Waals surface area contributed by atoms with Crippen LogP contribution in [0.2, 0.25) is 0 Å². The Morgan fingerprint density at radius 3 is 2.54 bits per heavy atom. The van der Waals surface area contributed by atoms with Crippen LogP contribution in [0.1, 0.15) is 28.2 Å². The maximum absolute atomic E-state index is 5.68. The van der Waals surface area contributed by atoms with Crippen molar-refractivity contribution in [2.24, 2.45) is 0 Å². The molecule has 1 aromatic carbocycles. The predicted molar refractivity (Wildman–Crippen MR) is 110 cm³/mol. The molecular formula is C21H21N5OS. The molecule has 0 spiro atoms. The largest absolute Gasteiger partial charge is 0.444 e. The van der Waals surface area contributed by atoms with Crippen molar-refractivity contribution in [2.75, 3.05) is 0 Å². The molecule has 0 N–H and O–H groups in total. The zero-order valence-corrected chi connectivity index (χ0v) is 17.1. The molecular weight excluding hydrogens is 370 g/mol. The van der Waals surface area contributed by atoms with E-state index in [1.807, 2.05) is 32.0 Å². The third kappa shape index (κ3) is 3.84. The highest BCUT2D eigenvalue weighted by molar-refractivity contribution is 7.98. The van der Waals surface area contributed by atoms with Crippen LogP contribution in [-0.2, 0) is 5.75 Å². The van der Waals surface area contributed by atoms with Gasteiger partial charge in [0.25, 0.3) is 0 Å². The van der Waals surface area contributed by atoms with Crippen molar-refractivity contribution < 1.29 is 4.42 Å². The van der Waals surface area contributed by atoms with E-state index in [1.165, 1.54) is 5.56 Å². The van der Waals surface area contributed by atoms with Gasteiger partial charge in [0.05, 0.1) is 11.4 Å². The van der Waals surface area contributed by atoms with Gasteiger partial charge in [-0.15, -0.1) is 10.2 Å². The van der Waals surface area contributed by atoms with E-state index >= 15 is 0 Å². The second-order valence-corrected chi connectivity index (χ2v) is 7.82. The smallest absolute Gasteiger partial charge is 0.226 e. The van der Waals surface area contributed by atoms with Crippen molar-refractivity contribution in [1.82, 2.24) is 25.0 Å². The Morgan fingerprint density at radius 2 is 1.86 bits per heavy atom. The van der Waals surface area contributed by atoms with E-state index in [-0.39, 0.29) is 0 Å². The first kappa shape index (κ1) is 18.4. The Bertz CT molecular complexity index is 1110. The lowest BCUT2D eigenvalue weighted by Crippen LogP contribution is -2.03. The highest BCUT2D eigenvalue weighted by Crippen LogP contribution is 2.26. The normalized spacial score (nSPS) is 11.1. The summed E-state index contributed by atoms with van der Waals surface area (Å²) in [5.74, 6) is 2.04. The zero-order valence-electron chi connectivity index (χ0n) is 16.3. The van der Waals surface area contributed by atoms with Crippen molar-refractivity contribution >= 4 is 11.8 Å². The molecule has 3 heterocycles. The van der Waals surface area contributed by atoms with Crippen LogP contribution in [0.25, 0.3) is 17.3 Å². The summed E-state index contributed by atoms with van der Waals surface area (Å²) in [6.45, 7) is 8.12. The number of oxazole rings is 1. The summed E-state index contributed by atoms with van der Waals surface area (Å²) in [6.07, 6.45) is 1.71. The fourth-order valence-corrected chi connectivity index (χ4v) is 3.75. The molecule has 0 fully saturated rings. The van der Waals surface area contributed by atoms with Crippen molar-refractivity contribution in [1.29, 1.82) is 0 Å². The molecule has 0 unspecified atom stereocenters. The Hall–Kier alpha value is -2.93. The Balaban J connectivity index is 1.44. The molecule has 4 rings (SSSR count). The minimum absolute atomic E-state index is 0.652. The minimum atomic E-state index is 0.652. The summed E-state index contributed by atoms with van der Waals surface area (Å²) in [6, 6.07) is 12.2. The average Bonchev–Trinajstić information content (AvgIpc) is 3.26. The van der Waals surface area contributed by atoms with Crippen molar-refractivity contribution in [3.05, 3.63) is 70.9 Å². The third-order valence-corrected chi connectivity index (χ3v) is 5.34. The average molecular weight is 392 g/mol. The monoisotopic (exact) mass is 391 g/mol. The number of rotatable bonds is 5. The summed E-state index contributed by atoms with van der Waals surface area (Å²) in [4.78, 5) is 4.62. The third-order valence-electron chi connectivity index (χ3n) is 4.38. The van der Waals surface area contributed by atoms with E-state index in [2.05, 4.69) is 52.3 Å². The van der Waals surface area contributed by atoms with Gasteiger partial charge < -0.3 is 4.42 Å². The lowest BCUT2D eigenvalue weighted by atomic mass is 10.1. The van der Waals surface area contributed by atoms with Gasteiger partial charge in [-0.25, -0.2) is 9.67 Å². The van der Waals surface area contributed by atoms with Gasteiger partial charge in [-0.3, -0.25) is 0 Å². The van der Waals surface area contributed by atoms with Gasteiger partial charge in [0, 0.05) is 17.0 Å². The zero-order chi connectivity index (χ0) is 19.7. The number of hydrogen-bond donors (Lipinski definition) is 0. The van der Waals surface area contributed by atoms with Gasteiger partial charge in [-0.2, -0.15) is 5.10 Å². The van der Waals surface area contributed by atoms with Gasteiger partial charge in [-0.1, -0.05) is 29.5 Å². The molecule has 0 saturated heterocycles. The molecule has 0 aliphatic carbocycles. The molecule has 0 aliphatic heterocycles. The summed E-state index contributed by atoms with van der Waals surface area (Å²) >= 11 is 1.58. The predicted octanol–water partition coefficient (Wildman–Crippen LogP) is 4.84. The van der Waals surface area contributed by atoms with Gasteiger partial charge in [0.1, 0.15) is 11.3 Å². The highest BCUT2D eigenvalue weighted by atomic mass is 32.2. The molecule has 142 valence electrons. The standard InChI is InChI=1S/C21H21N5OS/c1-13-5-6-18(14(2)9-13)21-22-17(11-27-21)12-28-20-8-7-19(23-24-20)26-16(4)10-15(3)25-26/h5-11H,12H2,1-4H3. The molecule has 7 heteroatoms. The fraction of sp³-hybridized carbons (Fsp3) is 0.238.